The predicted octanol–water partition coefficient (Wildman–Crippen LogP) is 4.67. The molecule has 0 saturated carbocycles. The Kier molecular flexibility index (Phi) is 5.36. The molecule has 0 saturated heterocycles. The van der Waals surface area contributed by atoms with Gasteiger partial charge in [-0.1, -0.05) is 54.1 Å². The quantitative estimate of drug-likeness (QED) is 0.431. The molecule has 8 heteroatoms. The molecule has 4 aromatic rings. The molecule has 0 fully saturated rings. The maximum Gasteiger partial charge on any atom is 0.243 e. The van der Waals surface area contributed by atoms with Crippen LogP contribution in [-0.2, 0) is 22.3 Å². The van der Waals surface area contributed by atoms with E-state index in [9.17, 15) is 8.42 Å². The first-order chi connectivity index (χ1) is 15.4. The Balaban J connectivity index is 1.39. The van der Waals surface area contributed by atoms with Gasteiger partial charge in [0, 0.05) is 24.1 Å². The minimum absolute atomic E-state index is 0.286. The lowest BCUT2D eigenvalue weighted by molar-refractivity contribution is 0.467. The molecular formula is C24H22N4O2S2. The minimum Gasteiger partial charge on any atom is -0.277 e. The topological polar surface area (TPSA) is 68.1 Å². The number of fused-ring (bicyclic) bond motifs is 3. The summed E-state index contributed by atoms with van der Waals surface area (Å²) in [7, 11) is -1.94. The second-order valence-electron chi connectivity index (χ2n) is 7.80. The molecule has 0 bridgehead atoms. The second kappa shape index (κ2) is 8.20. The van der Waals surface area contributed by atoms with E-state index in [2.05, 4.69) is 26.9 Å². The lowest BCUT2D eigenvalue weighted by Crippen LogP contribution is -2.26. The molecule has 0 N–H and O–H groups in total. The van der Waals surface area contributed by atoms with Gasteiger partial charge in [-0.3, -0.25) is 4.57 Å². The normalized spacial score (nSPS) is 13.1. The molecule has 162 valence electrons. The van der Waals surface area contributed by atoms with Gasteiger partial charge in [-0.05, 0) is 36.8 Å². The average molecular weight is 463 g/mol. The van der Waals surface area contributed by atoms with Gasteiger partial charge in [-0.2, -0.15) is 4.31 Å². The molecule has 32 heavy (non-hydrogen) atoms. The van der Waals surface area contributed by atoms with Gasteiger partial charge in [0.2, 0.25) is 10.0 Å². The van der Waals surface area contributed by atoms with Gasteiger partial charge < -0.3 is 0 Å². The van der Waals surface area contributed by atoms with Crippen LogP contribution >= 0.6 is 11.8 Å². The summed E-state index contributed by atoms with van der Waals surface area (Å²) in [4.78, 5) is 1.51. The van der Waals surface area contributed by atoms with Crippen molar-refractivity contribution in [2.75, 3.05) is 7.05 Å². The number of benzene rings is 3. The molecule has 3 aromatic carbocycles. The summed E-state index contributed by atoms with van der Waals surface area (Å²) >= 11 is 1.76. The van der Waals surface area contributed by atoms with Crippen molar-refractivity contribution in [3.05, 3.63) is 89.7 Å². The Bertz CT molecular complexity index is 1380. The molecular weight excluding hydrogens is 440 g/mol. The van der Waals surface area contributed by atoms with E-state index in [1.54, 1.807) is 30.9 Å². The maximum absolute atomic E-state index is 12.9. The Morgan fingerprint density at radius 1 is 0.969 bits per heavy atom. The third kappa shape index (κ3) is 3.74. The van der Waals surface area contributed by atoms with Crippen molar-refractivity contribution in [2.45, 2.75) is 29.0 Å². The van der Waals surface area contributed by atoms with Gasteiger partial charge in [0.1, 0.15) is 5.82 Å². The van der Waals surface area contributed by atoms with Gasteiger partial charge >= 0.3 is 0 Å². The van der Waals surface area contributed by atoms with Crippen molar-refractivity contribution in [1.29, 1.82) is 0 Å². The van der Waals surface area contributed by atoms with E-state index in [4.69, 9.17) is 0 Å². The van der Waals surface area contributed by atoms with Crippen molar-refractivity contribution >= 4 is 21.8 Å². The molecule has 0 aliphatic carbocycles. The fraction of sp³-hybridized carbons (Fsp3) is 0.167. The number of nitrogens with zero attached hydrogens (tertiary/aromatic N) is 4. The molecule has 0 spiro atoms. The van der Waals surface area contributed by atoms with E-state index in [0.29, 0.717) is 4.90 Å². The lowest BCUT2D eigenvalue weighted by Gasteiger charge is -2.19. The van der Waals surface area contributed by atoms with E-state index in [0.717, 1.165) is 39.8 Å². The highest BCUT2D eigenvalue weighted by Gasteiger charge is 2.23. The number of rotatable bonds is 5. The van der Waals surface area contributed by atoms with Gasteiger partial charge in [0.25, 0.3) is 0 Å². The summed E-state index contributed by atoms with van der Waals surface area (Å²) in [6, 6.07) is 23.0. The van der Waals surface area contributed by atoms with Crippen LogP contribution in [0, 0.1) is 6.92 Å². The first kappa shape index (κ1) is 20.9. The Morgan fingerprint density at radius 2 is 1.69 bits per heavy atom. The SMILES string of the molecule is Cc1ccc(S(=O)(=O)N(C)Cc2ccc(-c3nnc4n3-c3ccccc3SC4)cc2)cc1. The van der Waals surface area contributed by atoms with Crippen molar-refractivity contribution in [2.24, 2.45) is 0 Å². The summed E-state index contributed by atoms with van der Waals surface area (Å²) in [5.74, 6) is 2.50. The number of sulfonamides is 1. The van der Waals surface area contributed by atoms with Crippen LogP contribution < -0.4 is 0 Å². The van der Waals surface area contributed by atoms with Crippen LogP contribution in [0.5, 0.6) is 0 Å². The third-order valence-corrected chi connectivity index (χ3v) is 8.42. The van der Waals surface area contributed by atoms with E-state index in [1.807, 2.05) is 55.5 Å². The summed E-state index contributed by atoms with van der Waals surface area (Å²) in [5.41, 5.74) is 3.96. The molecule has 5 rings (SSSR count). The molecule has 0 radical (unpaired) electrons. The van der Waals surface area contributed by atoms with Crippen molar-refractivity contribution in [1.82, 2.24) is 19.1 Å². The second-order valence-corrected chi connectivity index (χ2v) is 10.9. The number of aromatic nitrogens is 3. The molecule has 6 nitrogen and oxygen atoms in total. The lowest BCUT2D eigenvalue weighted by atomic mass is 10.1. The van der Waals surface area contributed by atoms with Crippen LogP contribution in [0.3, 0.4) is 0 Å². The van der Waals surface area contributed by atoms with Gasteiger partial charge in [0.15, 0.2) is 5.82 Å². The number of aryl methyl sites for hydroxylation is 1. The van der Waals surface area contributed by atoms with Gasteiger partial charge in [-0.25, -0.2) is 8.42 Å². The van der Waals surface area contributed by atoms with Crippen molar-refractivity contribution < 1.29 is 8.42 Å². The van der Waals surface area contributed by atoms with Crippen molar-refractivity contribution in [3.8, 4) is 17.1 Å². The third-order valence-electron chi connectivity index (χ3n) is 5.54. The minimum atomic E-state index is -3.55. The number of hydrogen-bond acceptors (Lipinski definition) is 5. The highest BCUT2D eigenvalue weighted by atomic mass is 32.2. The molecule has 0 unspecified atom stereocenters. The average Bonchev–Trinajstić information content (AvgIpc) is 3.24. The highest BCUT2D eigenvalue weighted by Crippen LogP contribution is 2.37. The Morgan fingerprint density at radius 3 is 2.44 bits per heavy atom. The Labute approximate surface area is 192 Å². The largest absolute Gasteiger partial charge is 0.277 e. The smallest absolute Gasteiger partial charge is 0.243 e. The van der Waals surface area contributed by atoms with E-state index in [1.165, 1.54) is 9.20 Å². The van der Waals surface area contributed by atoms with Crippen molar-refractivity contribution in [3.63, 3.8) is 0 Å². The fourth-order valence-corrected chi connectivity index (χ4v) is 5.86. The zero-order valence-corrected chi connectivity index (χ0v) is 19.4. The summed E-state index contributed by atoms with van der Waals surface area (Å²) in [5, 5.41) is 8.82. The summed E-state index contributed by atoms with van der Waals surface area (Å²) in [6.45, 7) is 2.22. The highest BCUT2D eigenvalue weighted by molar-refractivity contribution is 7.98. The van der Waals surface area contributed by atoms with Crippen LogP contribution in [-0.4, -0.2) is 34.5 Å². The van der Waals surface area contributed by atoms with Crippen LogP contribution in [0.4, 0.5) is 0 Å². The molecule has 1 aliphatic heterocycles. The van der Waals surface area contributed by atoms with Crippen LogP contribution in [0.15, 0.2) is 82.6 Å². The van der Waals surface area contributed by atoms with Crippen LogP contribution in [0.2, 0.25) is 0 Å². The van der Waals surface area contributed by atoms with Crippen LogP contribution in [0.1, 0.15) is 17.0 Å². The van der Waals surface area contributed by atoms with Gasteiger partial charge in [0.05, 0.1) is 16.3 Å². The predicted molar refractivity (Wildman–Crippen MR) is 126 cm³/mol. The van der Waals surface area contributed by atoms with E-state index in [-0.39, 0.29) is 6.54 Å². The first-order valence-corrected chi connectivity index (χ1v) is 12.6. The zero-order chi connectivity index (χ0) is 22.3. The number of thioether (sulfide) groups is 1. The molecule has 0 amide bonds. The molecule has 1 aliphatic rings. The molecule has 2 heterocycles. The van der Waals surface area contributed by atoms with Crippen LogP contribution in [0.25, 0.3) is 17.1 Å². The maximum atomic E-state index is 12.9. The monoisotopic (exact) mass is 462 g/mol. The summed E-state index contributed by atoms with van der Waals surface area (Å²) in [6.07, 6.45) is 0. The van der Waals surface area contributed by atoms with Gasteiger partial charge in [-0.15, -0.1) is 22.0 Å². The zero-order valence-electron chi connectivity index (χ0n) is 17.8. The van der Waals surface area contributed by atoms with E-state index < -0.39 is 10.0 Å². The van der Waals surface area contributed by atoms with E-state index >= 15 is 0 Å². The number of hydrogen-bond donors (Lipinski definition) is 0. The number of para-hydroxylation sites is 1. The first-order valence-electron chi connectivity index (χ1n) is 10.2. The molecule has 1 aromatic heterocycles. The Hall–Kier alpha value is -2.94. The molecule has 0 atom stereocenters. The fourth-order valence-electron chi connectivity index (χ4n) is 3.75. The standard InChI is InChI=1S/C24H22N4O2S2/c1-17-7-13-20(14-8-17)32(29,30)27(2)15-18-9-11-19(12-10-18)24-26-25-23-16-31-22-6-4-3-5-21(22)28(23)24/h3-14H,15-16H2,1-2H3. The summed E-state index contributed by atoms with van der Waals surface area (Å²) < 4.78 is 29.2.